The molecule has 2 aromatic rings. The molecule has 1 saturated heterocycles. The topological polar surface area (TPSA) is 48.6 Å². The highest BCUT2D eigenvalue weighted by atomic mass is 19.1. The molecule has 0 spiro atoms. The number of nitrogens with one attached hydrogen (secondary N) is 1. The maximum absolute atomic E-state index is 13.8. The molecule has 130 valence electrons. The summed E-state index contributed by atoms with van der Waals surface area (Å²) in [6.45, 7) is 5.66. The second-order valence-electron chi connectivity index (χ2n) is 6.55. The van der Waals surface area contributed by atoms with Gasteiger partial charge in [0.1, 0.15) is 11.6 Å². The van der Waals surface area contributed by atoms with Crippen LogP contribution in [0.15, 0.2) is 41.0 Å². The van der Waals surface area contributed by atoms with Crippen molar-refractivity contribution in [2.45, 2.75) is 44.9 Å². The van der Waals surface area contributed by atoms with Gasteiger partial charge in [0.2, 0.25) is 0 Å². The standard InChI is InChI=1S/C19H25FN2O2/c1-13(21-14(2)19-4-3-11-24-19)17-12-15(20)5-6-18(17)22-9-7-16(23)8-10-22/h3-6,11-14,16,21,23H,7-10H2,1-2H3. The third kappa shape index (κ3) is 3.79. The number of hydrogen-bond donors (Lipinski definition) is 2. The quantitative estimate of drug-likeness (QED) is 0.874. The molecule has 1 fully saturated rings. The monoisotopic (exact) mass is 332 g/mol. The van der Waals surface area contributed by atoms with Gasteiger partial charge in [-0.2, -0.15) is 0 Å². The Kier molecular flexibility index (Phi) is 5.21. The molecule has 1 aromatic heterocycles. The van der Waals surface area contributed by atoms with Gasteiger partial charge in [-0.1, -0.05) is 0 Å². The third-order valence-electron chi connectivity index (χ3n) is 4.73. The van der Waals surface area contributed by atoms with E-state index in [1.165, 1.54) is 6.07 Å². The molecule has 24 heavy (non-hydrogen) atoms. The van der Waals surface area contributed by atoms with Gasteiger partial charge < -0.3 is 19.7 Å². The lowest BCUT2D eigenvalue weighted by molar-refractivity contribution is 0.145. The molecular formula is C19H25FN2O2. The summed E-state index contributed by atoms with van der Waals surface area (Å²) in [6.07, 6.45) is 2.94. The van der Waals surface area contributed by atoms with Crippen molar-refractivity contribution in [1.29, 1.82) is 0 Å². The summed E-state index contributed by atoms with van der Waals surface area (Å²) in [6, 6.07) is 8.77. The highest BCUT2D eigenvalue weighted by molar-refractivity contribution is 5.55. The number of nitrogens with zero attached hydrogens (tertiary/aromatic N) is 1. The molecule has 0 aliphatic carbocycles. The predicted octanol–water partition coefficient (Wildman–Crippen LogP) is 3.79. The number of benzene rings is 1. The van der Waals surface area contributed by atoms with Crippen molar-refractivity contribution in [3.05, 3.63) is 53.7 Å². The molecule has 2 N–H and O–H groups in total. The van der Waals surface area contributed by atoms with E-state index in [0.29, 0.717) is 0 Å². The van der Waals surface area contributed by atoms with Crippen LogP contribution in [0.25, 0.3) is 0 Å². The van der Waals surface area contributed by atoms with Gasteiger partial charge in [0.25, 0.3) is 0 Å². The van der Waals surface area contributed by atoms with E-state index in [1.807, 2.05) is 32.0 Å². The van der Waals surface area contributed by atoms with Crippen LogP contribution in [0.3, 0.4) is 0 Å². The number of piperidine rings is 1. The van der Waals surface area contributed by atoms with Crippen molar-refractivity contribution in [2.24, 2.45) is 0 Å². The van der Waals surface area contributed by atoms with E-state index in [2.05, 4.69) is 10.2 Å². The number of furan rings is 1. The Hall–Kier alpha value is -1.85. The second kappa shape index (κ2) is 7.36. The summed E-state index contributed by atoms with van der Waals surface area (Å²) < 4.78 is 19.3. The Bertz CT molecular complexity index is 651. The van der Waals surface area contributed by atoms with Gasteiger partial charge in [0.15, 0.2) is 0 Å². The molecule has 4 nitrogen and oxygen atoms in total. The van der Waals surface area contributed by atoms with Crippen LogP contribution in [0.4, 0.5) is 10.1 Å². The van der Waals surface area contributed by atoms with Crippen LogP contribution in [-0.4, -0.2) is 24.3 Å². The lowest BCUT2D eigenvalue weighted by Crippen LogP contribution is -2.37. The number of aliphatic hydroxyl groups excluding tert-OH is 1. The first-order valence-electron chi connectivity index (χ1n) is 8.56. The molecule has 0 radical (unpaired) electrons. The molecule has 2 atom stereocenters. The lowest BCUT2D eigenvalue weighted by Gasteiger charge is -2.34. The minimum absolute atomic E-state index is 0.0253. The van der Waals surface area contributed by atoms with Crippen molar-refractivity contribution >= 4 is 5.69 Å². The van der Waals surface area contributed by atoms with E-state index < -0.39 is 0 Å². The van der Waals surface area contributed by atoms with Crippen molar-refractivity contribution in [2.75, 3.05) is 18.0 Å². The van der Waals surface area contributed by atoms with Gasteiger partial charge in [0, 0.05) is 24.8 Å². The first-order chi connectivity index (χ1) is 11.5. The van der Waals surface area contributed by atoms with Crippen LogP contribution in [0.5, 0.6) is 0 Å². The summed E-state index contributed by atoms with van der Waals surface area (Å²) >= 11 is 0. The molecule has 2 heterocycles. The van der Waals surface area contributed by atoms with Crippen LogP contribution in [0.1, 0.15) is 50.1 Å². The maximum Gasteiger partial charge on any atom is 0.123 e. The summed E-state index contributed by atoms with van der Waals surface area (Å²) in [7, 11) is 0. The summed E-state index contributed by atoms with van der Waals surface area (Å²) in [5.74, 6) is 0.631. The van der Waals surface area contributed by atoms with Crippen LogP contribution in [-0.2, 0) is 0 Å². The molecule has 0 amide bonds. The molecule has 0 saturated carbocycles. The zero-order valence-electron chi connectivity index (χ0n) is 14.2. The zero-order valence-corrected chi connectivity index (χ0v) is 14.2. The normalized spacial score (nSPS) is 18.6. The largest absolute Gasteiger partial charge is 0.468 e. The fourth-order valence-electron chi connectivity index (χ4n) is 3.35. The molecule has 1 aromatic carbocycles. The molecular weight excluding hydrogens is 307 g/mol. The van der Waals surface area contributed by atoms with E-state index >= 15 is 0 Å². The van der Waals surface area contributed by atoms with E-state index in [-0.39, 0.29) is 24.0 Å². The number of aliphatic hydroxyl groups is 1. The van der Waals surface area contributed by atoms with Gasteiger partial charge in [-0.15, -0.1) is 0 Å². The molecule has 3 rings (SSSR count). The first kappa shape index (κ1) is 17.0. The number of rotatable bonds is 5. The second-order valence-corrected chi connectivity index (χ2v) is 6.55. The van der Waals surface area contributed by atoms with E-state index in [1.54, 1.807) is 12.3 Å². The summed E-state index contributed by atoms with van der Waals surface area (Å²) in [5, 5.41) is 13.2. The molecule has 1 aliphatic rings. The average Bonchev–Trinajstić information content (AvgIpc) is 3.10. The summed E-state index contributed by atoms with van der Waals surface area (Å²) in [4.78, 5) is 2.23. The Morgan fingerprint density at radius 1 is 1.21 bits per heavy atom. The van der Waals surface area contributed by atoms with Crippen LogP contribution in [0.2, 0.25) is 0 Å². The third-order valence-corrected chi connectivity index (χ3v) is 4.73. The van der Waals surface area contributed by atoms with Gasteiger partial charge in [-0.3, -0.25) is 0 Å². The predicted molar refractivity (Wildman–Crippen MR) is 92.5 cm³/mol. The van der Waals surface area contributed by atoms with E-state index in [9.17, 15) is 9.50 Å². The Balaban J connectivity index is 1.79. The highest BCUT2D eigenvalue weighted by Gasteiger charge is 2.22. The number of anilines is 1. The number of halogens is 1. The lowest BCUT2D eigenvalue weighted by atomic mass is 10.0. The smallest absolute Gasteiger partial charge is 0.123 e. The Morgan fingerprint density at radius 3 is 2.62 bits per heavy atom. The molecule has 2 unspecified atom stereocenters. The number of hydrogen-bond acceptors (Lipinski definition) is 4. The molecule has 5 heteroatoms. The SMILES string of the molecule is CC(NC(C)c1cc(F)ccc1N1CCC(O)CC1)c1ccco1. The minimum Gasteiger partial charge on any atom is -0.468 e. The molecule has 1 aliphatic heterocycles. The van der Waals surface area contributed by atoms with Crippen LogP contribution in [0, 0.1) is 5.82 Å². The van der Waals surface area contributed by atoms with E-state index in [0.717, 1.165) is 42.9 Å². The fourth-order valence-corrected chi connectivity index (χ4v) is 3.35. The van der Waals surface area contributed by atoms with Gasteiger partial charge in [0.05, 0.1) is 18.4 Å². The molecule has 0 bridgehead atoms. The highest BCUT2D eigenvalue weighted by Crippen LogP contribution is 2.31. The fraction of sp³-hybridized carbons (Fsp3) is 0.474. The van der Waals surface area contributed by atoms with Gasteiger partial charge in [-0.05, 0) is 62.6 Å². The Labute approximate surface area is 142 Å². The first-order valence-corrected chi connectivity index (χ1v) is 8.56. The average molecular weight is 332 g/mol. The summed E-state index contributed by atoms with van der Waals surface area (Å²) in [5.41, 5.74) is 1.97. The van der Waals surface area contributed by atoms with Crippen molar-refractivity contribution in [3.8, 4) is 0 Å². The van der Waals surface area contributed by atoms with Crippen molar-refractivity contribution < 1.29 is 13.9 Å². The minimum atomic E-state index is -0.231. The van der Waals surface area contributed by atoms with Crippen molar-refractivity contribution in [1.82, 2.24) is 5.32 Å². The van der Waals surface area contributed by atoms with Gasteiger partial charge >= 0.3 is 0 Å². The van der Waals surface area contributed by atoms with E-state index in [4.69, 9.17) is 4.42 Å². The van der Waals surface area contributed by atoms with Crippen LogP contribution >= 0.6 is 0 Å². The maximum atomic E-state index is 13.8. The van der Waals surface area contributed by atoms with Crippen LogP contribution < -0.4 is 10.2 Å². The van der Waals surface area contributed by atoms with Gasteiger partial charge in [-0.25, -0.2) is 4.39 Å². The zero-order chi connectivity index (χ0) is 17.1. The Morgan fingerprint density at radius 2 is 1.96 bits per heavy atom. The van der Waals surface area contributed by atoms with Crippen molar-refractivity contribution in [3.63, 3.8) is 0 Å².